The molecule has 9 heteroatoms. The summed E-state index contributed by atoms with van der Waals surface area (Å²) in [4.78, 5) is 27.9. The molecule has 0 aliphatic heterocycles. The van der Waals surface area contributed by atoms with E-state index < -0.39 is 17.7 Å². The van der Waals surface area contributed by atoms with Crippen molar-refractivity contribution in [1.29, 1.82) is 0 Å². The van der Waals surface area contributed by atoms with E-state index in [-0.39, 0.29) is 17.8 Å². The van der Waals surface area contributed by atoms with Crippen LogP contribution in [0.1, 0.15) is 16.2 Å². The molecule has 0 atom stereocenters. The summed E-state index contributed by atoms with van der Waals surface area (Å²) in [6.45, 7) is 0.227. The second-order valence-corrected chi connectivity index (χ2v) is 4.26. The summed E-state index contributed by atoms with van der Waals surface area (Å²) in [6.07, 6.45) is 1.34. The van der Waals surface area contributed by atoms with E-state index in [1.165, 1.54) is 29.4 Å². The number of aromatic nitrogens is 3. The molecule has 0 saturated carbocycles. The molecule has 4 N–H and O–H groups in total. The maximum absolute atomic E-state index is 11.9. The van der Waals surface area contributed by atoms with Gasteiger partial charge in [-0.1, -0.05) is 0 Å². The number of nitrogens with zero attached hydrogens (tertiary/aromatic N) is 3. The van der Waals surface area contributed by atoms with Crippen molar-refractivity contribution in [2.24, 2.45) is 0 Å². The first-order valence-corrected chi connectivity index (χ1v) is 5.90. The lowest BCUT2D eigenvalue weighted by atomic mass is 10.2. The highest BCUT2D eigenvalue weighted by Crippen LogP contribution is 2.22. The second kappa shape index (κ2) is 5.90. The summed E-state index contributed by atoms with van der Waals surface area (Å²) in [6, 6.07) is 3.34. The third-order valence-corrected chi connectivity index (χ3v) is 2.68. The van der Waals surface area contributed by atoms with Crippen LogP contribution in [0.25, 0.3) is 0 Å². The van der Waals surface area contributed by atoms with Crippen molar-refractivity contribution in [2.45, 2.75) is 6.54 Å². The van der Waals surface area contributed by atoms with Gasteiger partial charge in [-0.2, -0.15) is 5.10 Å². The molecule has 21 heavy (non-hydrogen) atoms. The van der Waals surface area contributed by atoms with E-state index >= 15 is 0 Å². The first-order chi connectivity index (χ1) is 9.97. The lowest BCUT2D eigenvalue weighted by molar-refractivity contribution is 0.0694. The summed E-state index contributed by atoms with van der Waals surface area (Å²) in [5, 5.41) is 27.2. The first kappa shape index (κ1) is 14.3. The fraction of sp³-hybridized carbons (Fsp3) is 0.167. The lowest BCUT2D eigenvalue weighted by Crippen LogP contribution is -2.31. The number of aromatic amines is 1. The molecule has 0 spiro atoms. The number of urea groups is 1. The monoisotopic (exact) mass is 291 g/mol. The van der Waals surface area contributed by atoms with Gasteiger partial charge in [0, 0.05) is 18.8 Å². The summed E-state index contributed by atoms with van der Waals surface area (Å²) < 4.78 is 0. The molecule has 2 aromatic rings. The van der Waals surface area contributed by atoms with E-state index in [2.05, 4.69) is 20.5 Å². The highest BCUT2D eigenvalue weighted by atomic mass is 16.4. The number of rotatable bonds is 4. The van der Waals surface area contributed by atoms with E-state index in [1.54, 1.807) is 7.05 Å². The summed E-state index contributed by atoms with van der Waals surface area (Å²) in [7, 11) is 1.56. The number of benzene rings is 1. The number of carbonyl (C=O) groups excluding carboxylic acids is 1. The molecule has 1 aromatic carbocycles. The predicted molar refractivity (Wildman–Crippen MR) is 71.9 cm³/mol. The minimum Gasteiger partial charge on any atom is -0.507 e. The number of carboxylic acids is 1. The molecule has 0 aliphatic carbocycles. The number of aromatic hydroxyl groups is 1. The SMILES string of the molecule is CN(Cc1ncn[nH]1)C(=O)Nc1ccc(C(=O)O)c(O)c1. The highest BCUT2D eigenvalue weighted by Gasteiger charge is 2.13. The van der Waals surface area contributed by atoms with Crippen LogP contribution in [0.4, 0.5) is 10.5 Å². The normalized spacial score (nSPS) is 10.1. The molecule has 0 unspecified atom stereocenters. The van der Waals surface area contributed by atoms with Crippen LogP contribution in [0.3, 0.4) is 0 Å². The topological polar surface area (TPSA) is 131 Å². The van der Waals surface area contributed by atoms with Crippen LogP contribution in [0.15, 0.2) is 24.5 Å². The zero-order valence-electron chi connectivity index (χ0n) is 11.1. The Labute approximate surface area is 119 Å². The number of nitrogens with one attached hydrogen (secondary N) is 2. The van der Waals surface area contributed by atoms with Crippen LogP contribution in [0.5, 0.6) is 5.75 Å². The Balaban J connectivity index is 2.02. The molecular formula is C12H13N5O4. The van der Waals surface area contributed by atoms with Crippen molar-refractivity contribution in [2.75, 3.05) is 12.4 Å². The Hall–Kier alpha value is -3.10. The third-order valence-electron chi connectivity index (χ3n) is 2.68. The Morgan fingerprint density at radius 2 is 2.19 bits per heavy atom. The molecule has 0 bridgehead atoms. The molecule has 110 valence electrons. The van der Waals surface area contributed by atoms with Gasteiger partial charge in [0.1, 0.15) is 23.5 Å². The number of H-pyrrole nitrogens is 1. The van der Waals surface area contributed by atoms with Gasteiger partial charge in [0.25, 0.3) is 0 Å². The fourth-order valence-electron chi connectivity index (χ4n) is 1.61. The van der Waals surface area contributed by atoms with E-state index in [4.69, 9.17) is 5.11 Å². The van der Waals surface area contributed by atoms with Crippen molar-refractivity contribution in [3.63, 3.8) is 0 Å². The van der Waals surface area contributed by atoms with Crippen LogP contribution in [0, 0.1) is 0 Å². The minimum absolute atomic E-state index is 0.227. The molecule has 2 rings (SSSR count). The van der Waals surface area contributed by atoms with Gasteiger partial charge in [0.2, 0.25) is 0 Å². The molecule has 9 nitrogen and oxygen atoms in total. The van der Waals surface area contributed by atoms with Crippen molar-refractivity contribution < 1.29 is 19.8 Å². The average molecular weight is 291 g/mol. The Kier molecular flexibility index (Phi) is 4.02. The molecule has 0 aliphatic rings. The van der Waals surface area contributed by atoms with Crippen LogP contribution >= 0.6 is 0 Å². The quantitative estimate of drug-likeness (QED) is 0.661. The molecule has 0 radical (unpaired) electrons. The van der Waals surface area contributed by atoms with Gasteiger partial charge in [-0.25, -0.2) is 14.6 Å². The van der Waals surface area contributed by atoms with E-state index in [9.17, 15) is 14.7 Å². The van der Waals surface area contributed by atoms with Crippen molar-refractivity contribution in [3.8, 4) is 5.75 Å². The number of hydrogen-bond donors (Lipinski definition) is 4. The van der Waals surface area contributed by atoms with Crippen LogP contribution in [-0.4, -0.2) is 49.3 Å². The Morgan fingerprint density at radius 1 is 1.43 bits per heavy atom. The second-order valence-electron chi connectivity index (χ2n) is 4.26. The molecule has 2 amide bonds. The van der Waals surface area contributed by atoms with Gasteiger partial charge in [-0.15, -0.1) is 0 Å². The van der Waals surface area contributed by atoms with Gasteiger partial charge in [0.15, 0.2) is 0 Å². The van der Waals surface area contributed by atoms with Gasteiger partial charge in [-0.3, -0.25) is 5.10 Å². The van der Waals surface area contributed by atoms with E-state index in [0.29, 0.717) is 5.82 Å². The minimum atomic E-state index is -1.24. The summed E-state index contributed by atoms with van der Waals surface area (Å²) in [5.41, 5.74) is 0.0509. The molecular weight excluding hydrogens is 278 g/mol. The van der Waals surface area contributed by atoms with E-state index in [0.717, 1.165) is 0 Å². The van der Waals surface area contributed by atoms with Crippen LogP contribution in [0.2, 0.25) is 0 Å². The number of aromatic carboxylic acids is 1. The fourth-order valence-corrected chi connectivity index (χ4v) is 1.61. The zero-order valence-corrected chi connectivity index (χ0v) is 11.1. The molecule has 1 heterocycles. The van der Waals surface area contributed by atoms with Crippen LogP contribution in [-0.2, 0) is 6.54 Å². The smallest absolute Gasteiger partial charge is 0.339 e. The van der Waals surface area contributed by atoms with E-state index in [1.807, 2.05) is 0 Å². The van der Waals surface area contributed by atoms with Crippen molar-refractivity contribution in [3.05, 3.63) is 35.9 Å². The largest absolute Gasteiger partial charge is 0.507 e. The predicted octanol–water partition coefficient (Wildman–Crippen LogP) is 0.872. The molecule has 1 aromatic heterocycles. The van der Waals surface area contributed by atoms with Gasteiger partial charge in [0.05, 0.1) is 6.54 Å². The van der Waals surface area contributed by atoms with Gasteiger partial charge in [-0.05, 0) is 12.1 Å². The zero-order chi connectivity index (χ0) is 15.4. The summed E-state index contributed by atoms with van der Waals surface area (Å²) in [5.74, 6) is -1.14. The van der Waals surface area contributed by atoms with Gasteiger partial charge < -0.3 is 20.4 Å². The Morgan fingerprint density at radius 3 is 2.76 bits per heavy atom. The van der Waals surface area contributed by atoms with Crippen molar-refractivity contribution in [1.82, 2.24) is 20.1 Å². The third kappa shape index (κ3) is 3.47. The first-order valence-electron chi connectivity index (χ1n) is 5.90. The van der Waals surface area contributed by atoms with Crippen molar-refractivity contribution >= 4 is 17.7 Å². The highest BCUT2D eigenvalue weighted by molar-refractivity contribution is 5.93. The maximum Gasteiger partial charge on any atom is 0.339 e. The number of carboxylic acid groups (broad SMARTS) is 1. The van der Waals surface area contributed by atoms with Crippen LogP contribution < -0.4 is 5.32 Å². The molecule has 0 saturated heterocycles. The number of phenols is 1. The number of carbonyl (C=O) groups is 2. The number of anilines is 1. The average Bonchev–Trinajstić information content (AvgIpc) is 2.91. The maximum atomic E-state index is 11.9. The van der Waals surface area contributed by atoms with Gasteiger partial charge >= 0.3 is 12.0 Å². The standard InChI is InChI=1S/C12H13N5O4/c1-17(5-10-13-6-14-16-10)12(21)15-7-2-3-8(11(19)20)9(18)4-7/h2-4,6,18H,5H2,1H3,(H,15,21)(H,19,20)(H,13,14,16). The molecule has 0 fully saturated rings. The number of amides is 2. The lowest BCUT2D eigenvalue weighted by Gasteiger charge is -2.16. The number of hydrogen-bond acceptors (Lipinski definition) is 5. The summed E-state index contributed by atoms with van der Waals surface area (Å²) >= 11 is 0. The Bertz CT molecular complexity index is 656.